The van der Waals surface area contributed by atoms with E-state index < -0.39 is 0 Å². The van der Waals surface area contributed by atoms with E-state index >= 15 is 0 Å². The van der Waals surface area contributed by atoms with E-state index in [2.05, 4.69) is 20.9 Å². The van der Waals surface area contributed by atoms with Crippen molar-refractivity contribution in [2.75, 3.05) is 31.1 Å². The first-order valence-electron chi connectivity index (χ1n) is 9.49. The van der Waals surface area contributed by atoms with Crippen LogP contribution >= 0.6 is 0 Å². The van der Waals surface area contributed by atoms with Gasteiger partial charge >= 0.3 is 0 Å². The van der Waals surface area contributed by atoms with Crippen LogP contribution in [0.3, 0.4) is 0 Å². The second kappa shape index (κ2) is 6.33. The standard InChI is InChI=1S/C20H26N4O/c1-13-8-14(2)22-19(18(13)9-21)23-7-6-17(12-23)20(25)24-10-15-4-3-5-16(15)11-24/h8,15-17H,3-7,10-12H2,1-2H3. The van der Waals surface area contributed by atoms with Gasteiger partial charge in [0.1, 0.15) is 11.9 Å². The SMILES string of the molecule is Cc1cc(C)c(C#N)c(N2CCC(C(=O)N3CC4CCCC4C3)C2)n1. The van der Waals surface area contributed by atoms with Gasteiger partial charge in [0, 0.05) is 31.9 Å². The number of anilines is 1. The molecule has 1 amide bonds. The molecule has 0 bridgehead atoms. The van der Waals surface area contributed by atoms with Crippen molar-refractivity contribution in [1.29, 1.82) is 5.26 Å². The average molecular weight is 338 g/mol. The fraction of sp³-hybridized carbons (Fsp3) is 0.650. The van der Waals surface area contributed by atoms with Crippen LogP contribution in [0.15, 0.2) is 6.07 Å². The summed E-state index contributed by atoms with van der Waals surface area (Å²) in [4.78, 5) is 21.8. The fourth-order valence-electron chi connectivity index (χ4n) is 5.01. The molecule has 0 spiro atoms. The van der Waals surface area contributed by atoms with Crippen molar-refractivity contribution in [3.8, 4) is 6.07 Å². The van der Waals surface area contributed by atoms with E-state index in [-0.39, 0.29) is 5.92 Å². The normalized spacial score (nSPS) is 28.3. The van der Waals surface area contributed by atoms with Gasteiger partial charge in [-0.2, -0.15) is 5.26 Å². The Bertz CT molecular complexity index is 726. The molecule has 2 saturated heterocycles. The van der Waals surface area contributed by atoms with E-state index in [1.807, 2.05) is 19.9 Å². The van der Waals surface area contributed by atoms with Crippen molar-refractivity contribution in [3.05, 3.63) is 22.9 Å². The smallest absolute Gasteiger partial charge is 0.227 e. The lowest BCUT2D eigenvalue weighted by Gasteiger charge is -2.23. The summed E-state index contributed by atoms with van der Waals surface area (Å²) in [6, 6.07) is 4.24. The molecule has 0 aromatic carbocycles. The number of hydrogen-bond acceptors (Lipinski definition) is 4. The molecule has 3 unspecified atom stereocenters. The van der Waals surface area contributed by atoms with Gasteiger partial charge in [-0.15, -0.1) is 0 Å². The van der Waals surface area contributed by atoms with Gasteiger partial charge in [-0.05, 0) is 56.6 Å². The lowest BCUT2D eigenvalue weighted by molar-refractivity contribution is -0.134. The zero-order chi connectivity index (χ0) is 17.6. The maximum absolute atomic E-state index is 13.0. The van der Waals surface area contributed by atoms with Crippen molar-refractivity contribution in [3.63, 3.8) is 0 Å². The summed E-state index contributed by atoms with van der Waals surface area (Å²) in [6.45, 7) is 7.34. The van der Waals surface area contributed by atoms with E-state index in [1.165, 1.54) is 19.3 Å². The highest BCUT2D eigenvalue weighted by Gasteiger charge is 2.41. The number of rotatable bonds is 2. The molecule has 5 nitrogen and oxygen atoms in total. The first-order chi connectivity index (χ1) is 12.1. The molecule has 5 heteroatoms. The van der Waals surface area contributed by atoms with Gasteiger partial charge in [0.05, 0.1) is 11.5 Å². The zero-order valence-corrected chi connectivity index (χ0v) is 15.2. The van der Waals surface area contributed by atoms with Gasteiger partial charge in [0.2, 0.25) is 5.91 Å². The molecule has 3 atom stereocenters. The Labute approximate surface area is 149 Å². The topological polar surface area (TPSA) is 60.2 Å². The maximum Gasteiger partial charge on any atom is 0.227 e. The van der Waals surface area contributed by atoms with E-state index in [0.29, 0.717) is 18.0 Å². The summed E-state index contributed by atoms with van der Waals surface area (Å²) in [5, 5.41) is 9.50. The Morgan fingerprint density at radius 2 is 1.92 bits per heavy atom. The van der Waals surface area contributed by atoms with E-state index in [4.69, 9.17) is 0 Å². The van der Waals surface area contributed by atoms with Crippen LogP contribution in [0.5, 0.6) is 0 Å². The number of nitriles is 1. The third kappa shape index (κ3) is 2.88. The molecule has 0 radical (unpaired) electrons. The highest BCUT2D eigenvalue weighted by Crippen LogP contribution is 2.39. The molecule has 0 N–H and O–H groups in total. The summed E-state index contributed by atoms with van der Waals surface area (Å²) in [5.41, 5.74) is 2.54. The van der Waals surface area contributed by atoms with Gasteiger partial charge < -0.3 is 9.80 Å². The first kappa shape index (κ1) is 16.4. The summed E-state index contributed by atoms with van der Waals surface area (Å²) < 4.78 is 0. The molecule has 3 aliphatic rings. The second-order valence-corrected chi connectivity index (χ2v) is 8.02. The largest absolute Gasteiger partial charge is 0.355 e. The van der Waals surface area contributed by atoms with Crippen LogP contribution < -0.4 is 4.90 Å². The van der Waals surface area contributed by atoms with Crippen molar-refractivity contribution in [1.82, 2.24) is 9.88 Å². The van der Waals surface area contributed by atoms with Crippen molar-refractivity contribution >= 4 is 11.7 Å². The minimum Gasteiger partial charge on any atom is -0.355 e. The Morgan fingerprint density at radius 1 is 1.20 bits per heavy atom. The van der Waals surface area contributed by atoms with Crippen LogP contribution in [0.4, 0.5) is 5.82 Å². The van der Waals surface area contributed by atoms with Gasteiger partial charge in [0.25, 0.3) is 0 Å². The third-order valence-corrected chi connectivity index (χ3v) is 6.31. The van der Waals surface area contributed by atoms with Crippen molar-refractivity contribution < 1.29 is 4.79 Å². The minimum absolute atomic E-state index is 0.0491. The van der Waals surface area contributed by atoms with Crippen molar-refractivity contribution in [2.45, 2.75) is 39.5 Å². The molecule has 132 valence electrons. The molecule has 25 heavy (non-hydrogen) atoms. The molecular formula is C20H26N4O. The molecule has 3 heterocycles. The van der Waals surface area contributed by atoms with Gasteiger partial charge in [-0.3, -0.25) is 4.79 Å². The quantitative estimate of drug-likeness (QED) is 0.832. The minimum atomic E-state index is 0.0491. The maximum atomic E-state index is 13.0. The first-order valence-corrected chi connectivity index (χ1v) is 9.49. The molecule has 1 saturated carbocycles. The fourth-order valence-corrected chi connectivity index (χ4v) is 5.01. The summed E-state index contributed by atoms with van der Waals surface area (Å²) in [5.74, 6) is 2.61. The Hall–Kier alpha value is -2.09. The number of fused-ring (bicyclic) bond motifs is 1. The number of pyridine rings is 1. The van der Waals surface area contributed by atoms with E-state index in [1.54, 1.807) is 0 Å². The predicted molar refractivity (Wildman–Crippen MR) is 96.2 cm³/mol. The Kier molecular flexibility index (Phi) is 4.15. The van der Waals surface area contributed by atoms with Crippen LogP contribution in [0.1, 0.15) is 42.5 Å². The van der Waals surface area contributed by atoms with Crippen LogP contribution in [0, 0.1) is 42.9 Å². The number of aromatic nitrogens is 1. The average Bonchev–Trinajstić information content (AvgIpc) is 3.29. The zero-order valence-electron chi connectivity index (χ0n) is 15.2. The number of nitrogens with zero attached hydrogens (tertiary/aromatic N) is 4. The van der Waals surface area contributed by atoms with Crippen LogP contribution in [0.2, 0.25) is 0 Å². The highest BCUT2D eigenvalue weighted by molar-refractivity contribution is 5.80. The summed E-state index contributed by atoms with van der Waals surface area (Å²) in [7, 11) is 0. The summed E-state index contributed by atoms with van der Waals surface area (Å²) >= 11 is 0. The molecule has 1 aromatic rings. The van der Waals surface area contributed by atoms with Crippen molar-refractivity contribution in [2.24, 2.45) is 17.8 Å². The second-order valence-electron chi connectivity index (χ2n) is 8.02. The van der Waals surface area contributed by atoms with Crippen LogP contribution in [0.25, 0.3) is 0 Å². The molecule has 3 fully saturated rings. The van der Waals surface area contributed by atoms with E-state index in [0.717, 1.165) is 55.0 Å². The number of likely N-dealkylation sites (tertiary alicyclic amines) is 1. The van der Waals surface area contributed by atoms with Gasteiger partial charge in [-0.1, -0.05) is 6.42 Å². The monoisotopic (exact) mass is 338 g/mol. The molecule has 1 aromatic heterocycles. The van der Waals surface area contributed by atoms with Crippen LogP contribution in [-0.4, -0.2) is 42.0 Å². The predicted octanol–water partition coefficient (Wildman–Crippen LogP) is 2.65. The van der Waals surface area contributed by atoms with E-state index in [9.17, 15) is 10.1 Å². The number of hydrogen-bond donors (Lipinski definition) is 0. The van der Waals surface area contributed by atoms with Crippen LogP contribution in [-0.2, 0) is 4.79 Å². The number of aryl methyl sites for hydroxylation is 2. The Morgan fingerprint density at radius 3 is 2.60 bits per heavy atom. The Balaban J connectivity index is 1.47. The van der Waals surface area contributed by atoms with Gasteiger partial charge in [0.15, 0.2) is 0 Å². The number of amides is 1. The highest BCUT2D eigenvalue weighted by atomic mass is 16.2. The molecular weight excluding hydrogens is 312 g/mol. The molecule has 2 aliphatic heterocycles. The lowest BCUT2D eigenvalue weighted by Crippen LogP contribution is -2.36. The molecule has 4 rings (SSSR count). The summed E-state index contributed by atoms with van der Waals surface area (Å²) in [6.07, 6.45) is 4.79. The third-order valence-electron chi connectivity index (χ3n) is 6.31. The lowest BCUT2D eigenvalue weighted by atomic mass is 10.0. The number of carbonyl (C=O) groups excluding carboxylic acids is 1. The number of carbonyl (C=O) groups is 1. The van der Waals surface area contributed by atoms with Gasteiger partial charge in [-0.25, -0.2) is 4.98 Å². The molecule has 1 aliphatic carbocycles.